The molecule has 10 nitrogen and oxygen atoms in total. The molecule has 0 bridgehead atoms. The highest BCUT2D eigenvalue weighted by molar-refractivity contribution is 7.99. The Morgan fingerprint density at radius 3 is 2.40 bits per heavy atom. The molecule has 0 spiro atoms. The lowest BCUT2D eigenvalue weighted by atomic mass is 10.1. The van der Waals surface area contributed by atoms with Crippen molar-refractivity contribution >= 4 is 41.5 Å². The summed E-state index contributed by atoms with van der Waals surface area (Å²) >= 11 is 1.84. The first-order chi connectivity index (χ1) is 16.5. The number of rotatable bonds is 20. The number of nitrogens with two attached hydrogens (primary N) is 1. The maximum absolute atomic E-state index is 12.5. The zero-order valence-corrected chi connectivity index (χ0v) is 22.5. The Morgan fingerprint density at radius 2 is 1.77 bits per heavy atom. The van der Waals surface area contributed by atoms with Gasteiger partial charge in [-0.25, -0.2) is 4.79 Å². The average molecular weight is 517 g/mol. The van der Waals surface area contributed by atoms with E-state index in [0.29, 0.717) is 51.7 Å². The first-order valence-corrected chi connectivity index (χ1v) is 13.4. The van der Waals surface area contributed by atoms with E-state index in [1.165, 1.54) is 0 Å². The maximum Gasteiger partial charge on any atom is 0.329 e. The van der Waals surface area contributed by atoms with Crippen LogP contribution in [0, 0.1) is 5.41 Å². The van der Waals surface area contributed by atoms with Gasteiger partial charge in [0.05, 0.1) is 25.5 Å². The quantitative estimate of drug-likeness (QED) is 0.108. The van der Waals surface area contributed by atoms with Crippen molar-refractivity contribution in [3.05, 3.63) is 0 Å². The van der Waals surface area contributed by atoms with Crippen LogP contribution >= 0.6 is 11.8 Å². The molecule has 0 aromatic carbocycles. The number of esters is 1. The van der Waals surface area contributed by atoms with E-state index in [9.17, 15) is 19.2 Å². The molecular weight excluding hydrogens is 472 g/mol. The lowest BCUT2D eigenvalue weighted by Gasteiger charge is -2.25. The molecular formula is C24H44N4O6S. The summed E-state index contributed by atoms with van der Waals surface area (Å²) in [5.41, 5.74) is 5.22. The summed E-state index contributed by atoms with van der Waals surface area (Å²) in [6.07, 6.45) is 3.74. The van der Waals surface area contributed by atoms with Gasteiger partial charge in [0.2, 0.25) is 11.8 Å². The Morgan fingerprint density at radius 1 is 1.06 bits per heavy atom. The van der Waals surface area contributed by atoms with Crippen molar-refractivity contribution in [3.63, 3.8) is 0 Å². The van der Waals surface area contributed by atoms with Crippen molar-refractivity contribution in [1.82, 2.24) is 10.6 Å². The molecule has 0 saturated heterocycles. The topological polar surface area (TPSA) is 161 Å². The van der Waals surface area contributed by atoms with E-state index in [4.69, 9.17) is 20.6 Å². The number of hydrogen-bond donors (Lipinski definition) is 4. The van der Waals surface area contributed by atoms with E-state index in [0.717, 1.165) is 17.9 Å². The largest absolute Gasteiger partial charge is 0.458 e. The predicted octanol–water partition coefficient (Wildman–Crippen LogP) is 1.98. The van der Waals surface area contributed by atoms with Crippen LogP contribution in [0.3, 0.4) is 0 Å². The molecule has 5 N–H and O–H groups in total. The highest BCUT2D eigenvalue weighted by Crippen LogP contribution is 2.11. The number of hydrogen-bond acceptors (Lipinski definition) is 9. The van der Waals surface area contributed by atoms with Gasteiger partial charge in [0.1, 0.15) is 11.6 Å². The van der Waals surface area contributed by atoms with Crippen molar-refractivity contribution in [2.75, 3.05) is 31.3 Å². The number of thioether (sulfide) groups is 1. The predicted molar refractivity (Wildman–Crippen MR) is 139 cm³/mol. The Labute approximate surface area is 213 Å². The molecule has 0 aliphatic carbocycles. The molecule has 0 aromatic rings. The van der Waals surface area contributed by atoms with Crippen LogP contribution in [0.1, 0.15) is 72.6 Å². The van der Waals surface area contributed by atoms with Gasteiger partial charge in [-0.3, -0.25) is 14.4 Å². The van der Waals surface area contributed by atoms with Crippen LogP contribution in [0.5, 0.6) is 0 Å². The van der Waals surface area contributed by atoms with Crippen molar-refractivity contribution < 1.29 is 28.7 Å². The van der Waals surface area contributed by atoms with Crippen molar-refractivity contribution in [1.29, 1.82) is 5.41 Å². The van der Waals surface area contributed by atoms with Crippen molar-refractivity contribution in [2.45, 2.75) is 90.3 Å². The zero-order chi connectivity index (χ0) is 26.7. The molecule has 0 saturated carbocycles. The highest BCUT2D eigenvalue weighted by Gasteiger charge is 2.28. The number of carbonyl (C=O) groups is 4. The van der Waals surface area contributed by atoms with Gasteiger partial charge in [-0.2, -0.15) is 11.8 Å². The van der Waals surface area contributed by atoms with Gasteiger partial charge in [-0.05, 0) is 58.6 Å². The van der Waals surface area contributed by atoms with Crippen LogP contribution in [0.25, 0.3) is 0 Å². The molecule has 1 unspecified atom stereocenters. The van der Waals surface area contributed by atoms with Crippen LogP contribution in [0.15, 0.2) is 0 Å². The fourth-order valence-corrected chi connectivity index (χ4v) is 3.56. The number of amides is 2. The minimum Gasteiger partial charge on any atom is -0.458 e. The minimum absolute atomic E-state index is 0.0227. The second-order valence-corrected chi connectivity index (χ2v) is 10.4. The first kappa shape index (κ1) is 33.0. The summed E-state index contributed by atoms with van der Waals surface area (Å²) in [6.45, 7) is 8.77. The van der Waals surface area contributed by atoms with E-state index >= 15 is 0 Å². The van der Waals surface area contributed by atoms with Gasteiger partial charge in [-0.15, -0.1) is 0 Å². The summed E-state index contributed by atoms with van der Waals surface area (Å²) in [4.78, 5) is 48.2. The highest BCUT2D eigenvalue weighted by atomic mass is 32.2. The van der Waals surface area contributed by atoms with Crippen LogP contribution in [0.2, 0.25) is 0 Å². The summed E-state index contributed by atoms with van der Waals surface area (Å²) in [6, 6.07) is -1.86. The molecule has 0 aliphatic rings. The van der Waals surface area contributed by atoms with Gasteiger partial charge < -0.3 is 31.3 Å². The van der Waals surface area contributed by atoms with E-state index in [2.05, 4.69) is 17.6 Å². The Kier molecular flexibility index (Phi) is 18.1. The SMILES string of the molecule is CCCSCCOCCC(=O)NCCCCC(N)C(=O)N[C@@H](CCC(=O)C=N)C(=O)OC(C)(C)C. The fourth-order valence-electron chi connectivity index (χ4n) is 2.83. The minimum atomic E-state index is -1.02. The molecule has 0 aliphatic heterocycles. The van der Waals surface area contributed by atoms with Crippen LogP contribution < -0.4 is 16.4 Å². The number of unbranched alkanes of at least 4 members (excludes halogenated alkanes) is 1. The molecule has 0 rings (SSSR count). The number of ketones is 1. The summed E-state index contributed by atoms with van der Waals surface area (Å²) in [5, 5.41) is 12.4. The van der Waals surface area contributed by atoms with Crippen LogP contribution in [-0.4, -0.2) is 78.7 Å². The first-order valence-electron chi connectivity index (χ1n) is 12.2. The van der Waals surface area contributed by atoms with Gasteiger partial charge in [-0.1, -0.05) is 6.92 Å². The van der Waals surface area contributed by atoms with Gasteiger partial charge in [0.15, 0.2) is 5.78 Å². The molecule has 0 aromatic heterocycles. The smallest absolute Gasteiger partial charge is 0.329 e. The second-order valence-electron chi connectivity index (χ2n) is 9.17. The number of Topliss-reactive ketones (excluding diaryl/α,β-unsaturated/α-hetero) is 1. The van der Waals surface area contributed by atoms with Crippen molar-refractivity contribution in [3.8, 4) is 0 Å². The lowest BCUT2D eigenvalue weighted by Crippen LogP contribution is -2.50. The number of nitrogens with one attached hydrogen (secondary N) is 3. The van der Waals surface area contributed by atoms with E-state index < -0.39 is 35.3 Å². The van der Waals surface area contributed by atoms with Crippen LogP contribution in [-0.2, 0) is 28.7 Å². The van der Waals surface area contributed by atoms with E-state index in [1.807, 2.05) is 11.8 Å². The van der Waals surface area contributed by atoms with Crippen molar-refractivity contribution in [2.24, 2.45) is 5.73 Å². The maximum atomic E-state index is 12.5. The number of ether oxygens (including phenoxy) is 2. The number of carbonyl (C=O) groups excluding carboxylic acids is 4. The summed E-state index contributed by atoms with van der Waals surface area (Å²) < 4.78 is 10.8. The monoisotopic (exact) mass is 516 g/mol. The summed E-state index contributed by atoms with van der Waals surface area (Å²) in [5.74, 6) is 0.365. The third kappa shape index (κ3) is 19.0. The average Bonchev–Trinajstić information content (AvgIpc) is 2.79. The fraction of sp³-hybridized carbons (Fsp3) is 0.792. The molecule has 0 heterocycles. The third-order valence-electron chi connectivity index (χ3n) is 4.64. The molecule has 2 atom stereocenters. The Hall–Kier alpha value is -1.98. The van der Waals surface area contributed by atoms with Gasteiger partial charge in [0.25, 0.3) is 0 Å². The van der Waals surface area contributed by atoms with E-state index in [-0.39, 0.29) is 18.7 Å². The third-order valence-corrected chi connectivity index (χ3v) is 5.80. The van der Waals surface area contributed by atoms with Gasteiger partial charge in [0, 0.05) is 25.1 Å². The molecule has 202 valence electrons. The van der Waals surface area contributed by atoms with Gasteiger partial charge >= 0.3 is 5.97 Å². The lowest BCUT2D eigenvalue weighted by molar-refractivity contribution is -0.159. The standard InChI is InChI=1S/C24H44N4O6S/c1-5-15-35-16-14-33-13-11-21(30)27-12-7-6-8-19(26)22(31)28-20(10-9-18(29)17-25)23(32)34-24(2,3)4/h17,19-20,25H,5-16,26H2,1-4H3,(H,27,30)(H,28,31)/t19?,20-/m0/s1. The Bertz CT molecular complexity index is 669. The Balaban J connectivity index is 4.25. The molecule has 0 radical (unpaired) electrons. The van der Waals surface area contributed by atoms with Crippen LogP contribution in [0.4, 0.5) is 0 Å². The normalized spacial score (nSPS) is 12.9. The molecule has 0 fully saturated rings. The van der Waals surface area contributed by atoms with E-state index in [1.54, 1.807) is 20.8 Å². The molecule has 11 heteroatoms. The summed E-state index contributed by atoms with van der Waals surface area (Å²) in [7, 11) is 0. The second kappa shape index (κ2) is 19.2. The molecule has 35 heavy (non-hydrogen) atoms. The zero-order valence-electron chi connectivity index (χ0n) is 21.7. The molecule has 2 amide bonds.